The standard InChI is InChI=1S/C17H24N2O/c1-11-8-12-10-14(20)16-13-4-7-19(2)6-3-5-17(12,16)15(9-11)18-13/h9,12-13,16H,3-8,10H2,1-2H3/t12-,13+,16+,17+/m0/s1. The lowest BCUT2D eigenvalue weighted by molar-refractivity contribution is -0.122. The molecule has 0 radical (unpaired) electrons. The van der Waals surface area contributed by atoms with Gasteiger partial charge in [-0.2, -0.15) is 0 Å². The minimum absolute atomic E-state index is 0.117. The third-order valence-corrected chi connectivity index (χ3v) is 6.13. The Hall–Kier alpha value is -0.960. The molecule has 1 saturated carbocycles. The topological polar surface area (TPSA) is 32.7 Å². The lowest BCUT2D eigenvalue weighted by Crippen LogP contribution is -2.41. The molecule has 0 aromatic rings. The van der Waals surface area contributed by atoms with Crippen LogP contribution in [0.3, 0.4) is 0 Å². The third-order valence-electron chi connectivity index (χ3n) is 6.13. The normalized spacial score (nSPS) is 44.3. The highest BCUT2D eigenvalue weighted by Crippen LogP contribution is 2.60. The molecule has 1 saturated heterocycles. The molecule has 0 amide bonds. The van der Waals surface area contributed by atoms with Crippen LogP contribution < -0.4 is 0 Å². The number of allylic oxidation sites excluding steroid dienone is 2. The van der Waals surface area contributed by atoms with Gasteiger partial charge in [0.1, 0.15) is 5.78 Å². The molecule has 2 fully saturated rings. The van der Waals surface area contributed by atoms with Crippen molar-refractivity contribution < 1.29 is 4.79 Å². The van der Waals surface area contributed by atoms with E-state index in [0.29, 0.717) is 11.7 Å². The van der Waals surface area contributed by atoms with E-state index >= 15 is 0 Å². The average Bonchev–Trinajstić information content (AvgIpc) is 2.86. The number of carbonyl (C=O) groups is 1. The molecule has 2 aliphatic heterocycles. The van der Waals surface area contributed by atoms with Crippen LogP contribution in [-0.4, -0.2) is 42.6 Å². The van der Waals surface area contributed by atoms with E-state index in [4.69, 9.17) is 4.99 Å². The molecule has 20 heavy (non-hydrogen) atoms. The van der Waals surface area contributed by atoms with Gasteiger partial charge in [-0.15, -0.1) is 0 Å². The number of carbonyl (C=O) groups excluding carboxylic acids is 1. The van der Waals surface area contributed by atoms with E-state index in [-0.39, 0.29) is 17.4 Å². The molecule has 2 aliphatic carbocycles. The minimum atomic E-state index is 0.117. The average molecular weight is 272 g/mol. The van der Waals surface area contributed by atoms with Crippen LogP contribution in [0.5, 0.6) is 0 Å². The summed E-state index contributed by atoms with van der Waals surface area (Å²) in [6.45, 7) is 4.45. The molecule has 1 spiro atoms. The number of hydrogen-bond acceptors (Lipinski definition) is 3. The second-order valence-corrected chi connectivity index (χ2v) is 7.36. The van der Waals surface area contributed by atoms with Crippen molar-refractivity contribution in [2.24, 2.45) is 22.2 Å². The van der Waals surface area contributed by atoms with Gasteiger partial charge in [0.05, 0.1) is 12.0 Å². The highest BCUT2D eigenvalue weighted by Gasteiger charge is 2.63. The molecule has 0 aromatic carbocycles. The Morgan fingerprint density at radius 3 is 3.05 bits per heavy atom. The first-order chi connectivity index (χ1) is 9.61. The zero-order chi connectivity index (χ0) is 13.9. The van der Waals surface area contributed by atoms with E-state index < -0.39 is 0 Å². The predicted octanol–water partition coefficient (Wildman–Crippen LogP) is 2.47. The number of aliphatic imine (C=N–C) groups is 1. The zero-order valence-corrected chi connectivity index (χ0v) is 12.6. The Labute approximate surface area is 121 Å². The van der Waals surface area contributed by atoms with Gasteiger partial charge in [0.25, 0.3) is 0 Å². The third kappa shape index (κ3) is 1.56. The summed E-state index contributed by atoms with van der Waals surface area (Å²) in [4.78, 5) is 20.1. The summed E-state index contributed by atoms with van der Waals surface area (Å²) in [5, 5.41) is 0. The molecule has 4 rings (SSSR count). The SMILES string of the molecule is CC1=CC2=N[C@@H]3CCN(C)CCC[C@@]24[C@H](CC(=O)[C@@H]34)C1. The number of nitrogens with zero attached hydrogens (tertiary/aromatic N) is 2. The summed E-state index contributed by atoms with van der Waals surface area (Å²) in [5.41, 5.74) is 2.83. The van der Waals surface area contributed by atoms with Gasteiger partial charge in [0.15, 0.2) is 0 Å². The fourth-order valence-corrected chi connectivity index (χ4v) is 5.32. The molecule has 3 nitrogen and oxygen atoms in total. The number of Topliss-reactive ketones (excluding diaryl/α,β-unsaturated/α-hetero) is 1. The van der Waals surface area contributed by atoms with Gasteiger partial charge in [-0.3, -0.25) is 9.79 Å². The maximum absolute atomic E-state index is 12.7. The van der Waals surface area contributed by atoms with Crippen molar-refractivity contribution >= 4 is 11.5 Å². The van der Waals surface area contributed by atoms with Crippen molar-refractivity contribution in [3.05, 3.63) is 11.6 Å². The van der Waals surface area contributed by atoms with Crippen molar-refractivity contribution in [2.75, 3.05) is 20.1 Å². The summed E-state index contributed by atoms with van der Waals surface area (Å²) in [6.07, 6.45) is 7.66. The van der Waals surface area contributed by atoms with Gasteiger partial charge in [-0.05, 0) is 64.7 Å². The molecule has 2 heterocycles. The lowest BCUT2D eigenvalue weighted by Gasteiger charge is -2.39. The Morgan fingerprint density at radius 1 is 1.35 bits per heavy atom. The van der Waals surface area contributed by atoms with Crippen LogP contribution in [0.4, 0.5) is 0 Å². The van der Waals surface area contributed by atoms with Crippen molar-refractivity contribution in [2.45, 2.75) is 45.1 Å². The quantitative estimate of drug-likeness (QED) is 0.678. The molecule has 0 N–H and O–H groups in total. The van der Waals surface area contributed by atoms with Crippen LogP contribution in [0.2, 0.25) is 0 Å². The second-order valence-electron chi connectivity index (χ2n) is 7.36. The molecular formula is C17H24N2O. The van der Waals surface area contributed by atoms with Crippen LogP contribution in [0, 0.1) is 17.3 Å². The summed E-state index contributed by atoms with van der Waals surface area (Å²) in [6, 6.07) is 0.255. The number of rotatable bonds is 0. The maximum Gasteiger partial charge on any atom is 0.139 e. The minimum Gasteiger partial charge on any atom is -0.306 e. The Morgan fingerprint density at radius 2 is 2.20 bits per heavy atom. The highest BCUT2D eigenvalue weighted by molar-refractivity contribution is 6.09. The van der Waals surface area contributed by atoms with Crippen molar-refractivity contribution in [1.29, 1.82) is 0 Å². The summed E-state index contributed by atoms with van der Waals surface area (Å²) in [7, 11) is 2.20. The van der Waals surface area contributed by atoms with Crippen molar-refractivity contribution in [3.8, 4) is 0 Å². The molecule has 3 heteroatoms. The van der Waals surface area contributed by atoms with E-state index in [1.54, 1.807) is 0 Å². The van der Waals surface area contributed by atoms with Crippen LogP contribution >= 0.6 is 0 Å². The first-order valence-electron chi connectivity index (χ1n) is 8.08. The predicted molar refractivity (Wildman–Crippen MR) is 80.0 cm³/mol. The Balaban J connectivity index is 1.82. The number of ketones is 1. The van der Waals surface area contributed by atoms with Crippen molar-refractivity contribution in [3.63, 3.8) is 0 Å². The Bertz CT molecular complexity index is 521. The van der Waals surface area contributed by atoms with Gasteiger partial charge in [0.2, 0.25) is 0 Å². The maximum atomic E-state index is 12.7. The van der Waals surface area contributed by atoms with Gasteiger partial charge in [-0.1, -0.05) is 5.57 Å². The fraction of sp³-hybridized carbons (Fsp3) is 0.765. The van der Waals surface area contributed by atoms with E-state index in [0.717, 1.165) is 38.8 Å². The smallest absolute Gasteiger partial charge is 0.139 e. The van der Waals surface area contributed by atoms with E-state index in [2.05, 4.69) is 24.9 Å². The summed E-state index contributed by atoms with van der Waals surface area (Å²) < 4.78 is 0. The van der Waals surface area contributed by atoms with Gasteiger partial charge in [-0.25, -0.2) is 0 Å². The second kappa shape index (κ2) is 4.27. The Kier molecular flexibility index (Phi) is 2.72. The van der Waals surface area contributed by atoms with Crippen LogP contribution in [0.1, 0.15) is 39.0 Å². The molecule has 0 aromatic heterocycles. The number of hydrogen-bond donors (Lipinski definition) is 0. The molecule has 4 atom stereocenters. The lowest BCUT2D eigenvalue weighted by atomic mass is 9.62. The largest absolute Gasteiger partial charge is 0.306 e. The van der Waals surface area contributed by atoms with E-state index in [9.17, 15) is 4.79 Å². The van der Waals surface area contributed by atoms with Crippen LogP contribution in [0.25, 0.3) is 0 Å². The van der Waals surface area contributed by atoms with E-state index in [1.807, 2.05) is 0 Å². The first kappa shape index (κ1) is 12.8. The summed E-state index contributed by atoms with van der Waals surface area (Å²) in [5.74, 6) is 1.25. The highest BCUT2D eigenvalue weighted by atomic mass is 16.1. The monoisotopic (exact) mass is 272 g/mol. The fourth-order valence-electron chi connectivity index (χ4n) is 5.32. The molecule has 4 aliphatic rings. The molecule has 0 unspecified atom stereocenters. The molecule has 108 valence electrons. The van der Waals surface area contributed by atoms with E-state index in [1.165, 1.54) is 17.7 Å². The van der Waals surface area contributed by atoms with Crippen molar-refractivity contribution in [1.82, 2.24) is 4.90 Å². The van der Waals surface area contributed by atoms with Gasteiger partial charge >= 0.3 is 0 Å². The van der Waals surface area contributed by atoms with Gasteiger partial charge in [0, 0.05) is 17.5 Å². The zero-order valence-electron chi connectivity index (χ0n) is 12.6. The summed E-state index contributed by atoms with van der Waals surface area (Å²) >= 11 is 0. The van der Waals surface area contributed by atoms with Crippen LogP contribution in [0.15, 0.2) is 16.6 Å². The van der Waals surface area contributed by atoms with Crippen LogP contribution in [-0.2, 0) is 4.79 Å². The first-order valence-corrected chi connectivity index (χ1v) is 8.08. The van der Waals surface area contributed by atoms with Gasteiger partial charge < -0.3 is 4.90 Å². The molecule has 2 bridgehead atoms. The molecular weight excluding hydrogens is 248 g/mol.